The first kappa shape index (κ1) is 16.8. The van der Waals surface area contributed by atoms with Crippen LogP contribution in [0.4, 0.5) is 0 Å². The highest BCUT2D eigenvalue weighted by Crippen LogP contribution is 1.99. The van der Waals surface area contributed by atoms with E-state index in [-0.39, 0.29) is 0 Å². The molecular formula is C15H26N4S. The minimum absolute atomic E-state index is 0.855. The molecule has 2 N–H and O–H groups in total. The molecule has 1 heterocycles. The zero-order valence-electron chi connectivity index (χ0n) is 12.6. The Labute approximate surface area is 126 Å². The van der Waals surface area contributed by atoms with Crippen LogP contribution in [0.1, 0.15) is 25.5 Å². The third-order valence-corrected chi connectivity index (χ3v) is 3.47. The van der Waals surface area contributed by atoms with E-state index < -0.39 is 0 Å². The molecule has 0 aliphatic heterocycles. The van der Waals surface area contributed by atoms with Gasteiger partial charge in [0.05, 0.1) is 0 Å². The summed E-state index contributed by atoms with van der Waals surface area (Å²) < 4.78 is 0. The van der Waals surface area contributed by atoms with Crippen LogP contribution >= 0.6 is 11.8 Å². The molecule has 0 aliphatic rings. The van der Waals surface area contributed by atoms with E-state index in [0.29, 0.717) is 0 Å². The molecule has 0 amide bonds. The molecule has 0 spiro atoms. The average Bonchev–Trinajstić information content (AvgIpc) is 2.48. The SMILES string of the molecule is CCNC(=NCCCCSC)NCCc1ccccn1. The van der Waals surface area contributed by atoms with Crippen LogP contribution in [0.15, 0.2) is 29.4 Å². The maximum absolute atomic E-state index is 4.58. The maximum atomic E-state index is 4.58. The van der Waals surface area contributed by atoms with Gasteiger partial charge in [-0.3, -0.25) is 9.98 Å². The van der Waals surface area contributed by atoms with Crippen molar-refractivity contribution in [3.05, 3.63) is 30.1 Å². The van der Waals surface area contributed by atoms with Gasteiger partial charge in [0.1, 0.15) is 0 Å². The summed E-state index contributed by atoms with van der Waals surface area (Å²) in [4.78, 5) is 8.90. The summed E-state index contributed by atoms with van der Waals surface area (Å²) in [6.45, 7) is 4.72. The molecule has 0 radical (unpaired) electrons. The first-order chi connectivity index (χ1) is 9.86. The van der Waals surface area contributed by atoms with Gasteiger partial charge in [-0.15, -0.1) is 0 Å². The molecule has 1 aromatic rings. The molecule has 0 unspecified atom stereocenters. The molecule has 0 bridgehead atoms. The minimum atomic E-state index is 0.855. The normalized spacial score (nSPS) is 11.4. The fourth-order valence-electron chi connectivity index (χ4n) is 1.75. The van der Waals surface area contributed by atoms with Crippen LogP contribution in [0.3, 0.4) is 0 Å². The van der Waals surface area contributed by atoms with E-state index in [9.17, 15) is 0 Å². The van der Waals surface area contributed by atoms with Gasteiger partial charge in [-0.2, -0.15) is 11.8 Å². The summed E-state index contributed by atoms with van der Waals surface area (Å²) in [6.07, 6.45) is 7.28. The van der Waals surface area contributed by atoms with Crippen LogP contribution in [-0.2, 0) is 6.42 Å². The zero-order valence-corrected chi connectivity index (χ0v) is 13.4. The van der Waals surface area contributed by atoms with Crippen LogP contribution in [0.25, 0.3) is 0 Å². The number of guanidine groups is 1. The molecule has 5 heteroatoms. The number of rotatable bonds is 9. The number of aromatic nitrogens is 1. The van der Waals surface area contributed by atoms with Crippen molar-refractivity contribution >= 4 is 17.7 Å². The molecular weight excluding hydrogens is 268 g/mol. The molecule has 112 valence electrons. The molecule has 0 aliphatic carbocycles. The van der Waals surface area contributed by atoms with Crippen molar-refractivity contribution in [3.8, 4) is 0 Å². The maximum Gasteiger partial charge on any atom is 0.191 e. The van der Waals surface area contributed by atoms with Gasteiger partial charge in [0.25, 0.3) is 0 Å². The monoisotopic (exact) mass is 294 g/mol. The Bertz CT molecular complexity index is 367. The zero-order chi connectivity index (χ0) is 14.5. The molecule has 20 heavy (non-hydrogen) atoms. The topological polar surface area (TPSA) is 49.3 Å². The summed E-state index contributed by atoms with van der Waals surface area (Å²) in [5.41, 5.74) is 1.11. The number of pyridine rings is 1. The van der Waals surface area contributed by atoms with E-state index in [4.69, 9.17) is 0 Å². The lowest BCUT2D eigenvalue weighted by Crippen LogP contribution is -2.38. The summed E-state index contributed by atoms with van der Waals surface area (Å²) in [5.74, 6) is 2.13. The van der Waals surface area contributed by atoms with Gasteiger partial charge in [0.2, 0.25) is 0 Å². The number of nitrogens with zero attached hydrogens (tertiary/aromatic N) is 2. The van der Waals surface area contributed by atoms with Crippen molar-refractivity contribution in [2.24, 2.45) is 4.99 Å². The van der Waals surface area contributed by atoms with E-state index in [2.05, 4.69) is 33.8 Å². The quantitative estimate of drug-likeness (QED) is 0.417. The predicted octanol–water partition coefficient (Wildman–Crippen LogP) is 2.32. The highest BCUT2D eigenvalue weighted by atomic mass is 32.2. The molecule has 0 fully saturated rings. The fraction of sp³-hybridized carbons (Fsp3) is 0.600. The van der Waals surface area contributed by atoms with Crippen molar-refractivity contribution in [2.75, 3.05) is 31.6 Å². The molecule has 0 aromatic carbocycles. The Balaban J connectivity index is 2.25. The van der Waals surface area contributed by atoms with E-state index in [1.807, 2.05) is 36.2 Å². The first-order valence-electron chi connectivity index (χ1n) is 7.28. The van der Waals surface area contributed by atoms with Crippen LogP contribution in [0, 0.1) is 0 Å². The highest BCUT2D eigenvalue weighted by molar-refractivity contribution is 7.98. The van der Waals surface area contributed by atoms with Gasteiger partial charge in [-0.25, -0.2) is 0 Å². The van der Waals surface area contributed by atoms with Crippen molar-refractivity contribution in [3.63, 3.8) is 0 Å². The Morgan fingerprint density at radius 2 is 2.20 bits per heavy atom. The molecule has 1 rings (SSSR count). The Morgan fingerprint density at radius 1 is 1.30 bits per heavy atom. The van der Waals surface area contributed by atoms with Gasteiger partial charge in [-0.1, -0.05) is 6.07 Å². The number of hydrogen-bond donors (Lipinski definition) is 2. The van der Waals surface area contributed by atoms with Gasteiger partial charge in [0, 0.05) is 37.9 Å². The summed E-state index contributed by atoms with van der Waals surface area (Å²) in [7, 11) is 0. The Hall–Kier alpha value is -1.23. The molecule has 0 atom stereocenters. The lowest BCUT2D eigenvalue weighted by atomic mass is 10.3. The van der Waals surface area contributed by atoms with Crippen molar-refractivity contribution < 1.29 is 0 Å². The second kappa shape index (κ2) is 11.6. The third kappa shape index (κ3) is 8.04. The number of nitrogens with one attached hydrogen (secondary N) is 2. The molecule has 1 aromatic heterocycles. The van der Waals surface area contributed by atoms with E-state index >= 15 is 0 Å². The first-order valence-corrected chi connectivity index (χ1v) is 8.67. The molecule has 0 saturated heterocycles. The highest BCUT2D eigenvalue weighted by Gasteiger charge is 1.97. The van der Waals surface area contributed by atoms with E-state index in [0.717, 1.165) is 44.1 Å². The second-order valence-electron chi connectivity index (χ2n) is 4.46. The van der Waals surface area contributed by atoms with Gasteiger partial charge in [-0.05, 0) is 43.9 Å². The van der Waals surface area contributed by atoms with Gasteiger partial charge < -0.3 is 10.6 Å². The van der Waals surface area contributed by atoms with E-state index in [1.165, 1.54) is 12.2 Å². The van der Waals surface area contributed by atoms with Crippen molar-refractivity contribution in [2.45, 2.75) is 26.2 Å². The molecule has 4 nitrogen and oxygen atoms in total. The van der Waals surface area contributed by atoms with E-state index in [1.54, 1.807) is 0 Å². The average molecular weight is 294 g/mol. The largest absolute Gasteiger partial charge is 0.357 e. The van der Waals surface area contributed by atoms with Gasteiger partial charge in [0.15, 0.2) is 5.96 Å². The lowest BCUT2D eigenvalue weighted by Gasteiger charge is -2.11. The Morgan fingerprint density at radius 3 is 2.90 bits per heavy atom. The van der Waals surface area contributed by atoms with Gasteiger partial charge >= 0.3 is 0 Å². The predicted molar refractivity (Wildman–Crippen MR) is 89.5 cm³/mol. The van der Waals surface area contributed by atoms with Crippen molar-refractivity contribution in [1.82, 2.24) is 15.6 Å². The van der Waals surface area contributed by atoms with Crippen LogP contribution in [-0.4, -0.2) is 42.6 Å². The van der Waals surface area contributed by atoms with Crippen molar-refractivity contribution in [1.29, 1.82) is 0 Å². The minimum Gasteiger partial charge on any atom is -0.357 e. The number of aliphatic imine (C=N–C) groups is 1. The fourth-order valence-corrected chi connectivity index (χ4v) is 2.24. The number of thioether (sulfide) groups is 1. The lowest BCUT2D eigenvalue weighted by molar-refractivity contribution is 0.765. The summed E-state index contributed by atoms with van der Waals surface area (Å²) >= 11 is 1.90. The molecule has 0 saturated carbocycles. The second-order valence-corrected chi connectivity index (χ2v) is 5.44. The summed E-state index contributed by atoms with van der Waals surface area (Å²) in [5, 5.41) is 6.63. The number of unbranched alkanes of at least 4 members (excludes halogenated alkanes) is 1. The third-order valence-electron chi connectivity index (χ3n) is 2.77. The van der Waals surface area contributed by atoms with Crippen LogP contribution in [0.2, 0.25) is 0 Å². The Kier molecular flexibility index (Phi) is 9.74. The van der Waals surface area contributed by atoms with Crippen LogP contribution < -0.4 is 10.6 Å². The van der Waals surface area contributed by atoms with Crippen LogP contribution in [0.5, 0.6) is 0 Å². The number of hydrogen-bond acceptors (Lipinski definition) is 3. The smallest absolute Gasteiger partial charge is 0.191 e. The standard InChI is InChI=1S/C15H26N4S/c1-3-16-15(18-11-6-7-13-20-2)19-12-9-14-8-4-5-10-17-14/h4-5,8,10H,3,6-7,9,11-13H2,1-2H3,(H2,16,18,19). The summed E-state index contributed by atoms with van der Waals surface area (Å²) in [6, 6.07) is 6.01.